The van der Waals surface area contributed by atoms with Crippen molar-refractivity contribution in [2.75, 3.05) is 6.54 Å². The maximum atomic E-state index is 3.63. The molecule has 0 aromatic heterocycles. The summed E-state index contributed by atoms with van der Waals surface area (Å²) in [6.07, 6.45) is 11.4. The summed E-state index contributed by atoms with van der Waals surface area (Å²) in [6.45, 7) is 5.52. The zero-order valence-electron chi connectivity index (χ0n) is 11.7. The molecule has 1 atom stereocenters. The van der Waals surface area contributed by atoms with E-state index in [1.165, 1.54) is 55.3 Å². The Labute approximate surface area is 111 Å². The minimum atomic E-state index is 0.562. The number of rotatable bonds is 2. The third kappa shape index (κ3) is 3.99. The molecule has 0 saturated carbocycles. The summed E-state index contributed by atoms with van der Waals surface area (Å²) in [5, 5.41) is 3.63. The largest absolute Gasteiger partial charge is 0.311 e. The summed E-state index contributed by atoms with van der Waals surface area (Å²) in [7, 11) is 0. The molecule has 1 aromatic carbocycles. The molecule has 1 aliphatic heterocycles. The molecule has 1 saturated heterocycles. The highest BCUT2D eigenvalue weighted by molar-refractivity contribution is 5.52. The second-order valence-corrected chi connectivity index (χ2v) is 5.47. The summed E-state index contributed by atoms with van der Waals surface area (Å²) >= 11 is 0. The zero-order valence-corrected chi connectivity index (χ0v) is 11.7. The van der Waals surface area contributed by atoms with Crippen molar-refractivity contribution in [3.8, 4) is 0 Å². The highest BCUT2D eigenvalue weighted by Gasteiger charge is 2.06. The lowest BCUT2D eigenvalue weighted by molar-refractivity contribution is 0.465. The van der Waals surface area contributed by atoms with Gasteiger partial charge in [0.25, 0.3) is 0 Å². The van der Waals surface area contributed by atoms with Gasteiger partial charge in [-0.1, -0.05) is 49.6 Å². The fourth-order valence-corrected chi connectivity index (χ4v) is 2.49. The minimum Gasteiger partial charge on any atom is -0.311 e. The van der Waals surface area contributed by atoms with Crippen LogP contribution in [0, 0.1) is 13.8 Å². The predicted octanol–water partition coefficient (Wildman–Crippen LogP) is 4.24. The monoisotopic (exact) mass is 243 g/mol. The normalized spacial score (nSPS) is 21.8. The maximum absolute atomic E-state index is 3.63. The van der Waals surface area contributed by atoms with Crippen LogP contribution in [0.2, 0.25) is 0 Å². The molecule has 0 spiro atoms. The average molecular weight is 243 g/mol. The van der Waals surface area contributed by atoms with Gasteiger partial charge in [-0.25, -0.2) is 0 Å². The molecule has 0 bridgehead atoms. The molecular formula is C17H25N. The van der Waals surface area contributed by atoms with Gasteiger partial charge in [-0.05, 0) is 49.9 Å². The Hall–Kier alpha value is -1.08. The van der Waals surface area contributed by atoms with E-state index in [2.05, 4.69) is 49.5 Å². The SMILES string of the molecule is Cc1ccc(/C=C/C2CCCCCCN2)cc1C. The fourth-order valence-electron chi connectivity index (χ4n) is 2.49. The zero-order chi connectivity index (χ0) is 12.8. The quantitative estimate of drug-likeness (QED) is 0.819. The fraction of sp³-hybridized carbons (Fsp3) is 0.529. The molecule has 1 unspecified atom stereocenters. The van der Waals surface area contributed by atoms with Crippen LogP contribution in [-0.2, 0) is 0 Å². The molecule has 1 heterocycles. The van der Waals surface area contributed by atoms with Gasteiger partial charge in [0.15, 0.2) is 0 Å². The molecule has 1 nitrogen and oxygen atoms in total. The summed E-state index contributed by atoms with van der Waals surface area (Å²) in [5.74, 6) is 0. The van der Waals surface area contributed by atoms with Crippen LogP contribution < -0.4 is 5.32 Å². The summed E-state index contributed by atoms with van der Waals surface area (Å²) < 4.78 is 0. The van der Waals surface area contributed by atoms with Crippen LogP contribution in [0.15, 0.2) is 24.3 Å². The lowest BCUT2D eigenvalue weighted by atomic mass is 10.0. The Balaban J connectivity index is 1.97. The highest BCUT2D eigenvalue weighted by atomic mass is 14.9. The van der Waals surface area contributed by atoms with Gasteiger partial charge in [0.2, 0.25) is 0 Å². The van der Waals surface area contributed by atoms with Gasteiger partial charge in [-0.2, -0.15) is 0 Å². The Kier molecular flexibility index (Phi) is 5.00. The van der Waals surface area contributed by atoms with Gasteiger partial charge in [-0.15, -0.1) is 0 Å². The second kappa shape index (κ2) is 6.75. The number of aryl methyl sites for hydroxylation is 2. The third-order valence-corrected chi connectivity index (χ3v) is 3.90. The van der Waals surface area contributed by atoms with Crippen LogP contribution in [0.3, 0.4) is 0 Å². The van der Waals surface area contributed by atoms with Gasteiger partial charge in [0, 0.05) is 6.04 Å². The summed E-state index contributed by atoms with van der Waals surface area (Å²) in [6, 6.07) is 7.25. The van der Waals surface area contributed by atoms with Gasteiger partial charge >= 0.3 is 0 Å². The van der Waals surface area contributed by atoms with Crippen molar-refractivity contribution in [3.05, 3.63) is 41.0 Å². The van der Waals surface area contributed by atoms with E-state index in [9.17, 15) is 0 Å². The number of benzene rings is 1. The molecule has 1 N–H and O–H groups in total. The topological polar surface area (TPSA) is 12.0 Å². The molecule has 0 radical (unpaired) electrons. The molecule has 0 amide bonds. The average Bonchev–Trinajstić information content (AvgIpc) is 2.32. The molecule has 2 rings (SSSR count). The van der Waals surface area contributed by atoms with Crippen molar-refractivity contribution in [1.29, 1.82) is 0 Å². The minimum absolute atomic E-state index is 0.562. The molecule has 1 aromatic rings. The molecule has 0 aliphatic carbocycles. The van der Waals surface area contributed by atoms with Crippen LogP contribution in [0.5, 0.6) is 0 Å². The first-order chi connectivity index (χ1) is 8.75. The van der Waals surface area contributed by atoms with Crippen molar-refractivity contribution >= 4 is 6.08 Å². The first-order valence-electron chi connectivity index (χ1n) is 7.24. The molecule has 98 valence electrons. The summed E-state index contributed by atoms with van der Waals surface area (Å²) in [4.78, 5) is 0. The van der Waals surface area contributed by atoms with Crippen LogP contribution in [0.25, 0.3) is 6.08 Å². The van der Waals surface area contributed by atoms with Gasteiger partial charge in [0.05, 0.1) is 0 Å². The van der Waals surface area contributed by atoms with Crippen molar-refractivity contribution in [3.63, 3.8) is 0 Å². The highest BCUT2D eigenvalue weighted by Crippen LogP contribution is 2.14. The smallest absolute Gasteiger partial charge is 0.0253 e. The first kappa shape index (κ1) is 13.4. The lowest BCUT2D eigenvalue weighted by Gasteiger charge is -2.18. The maximum Gasteiger partial charge on any atom is 0.0253 e. The van der Waals surface area contributed by atoms with Crippen molar-refractivity contribution in [1.82, 2.24) is 5.32 Å². The van der Waals surface area contributed by atoms with Gasteiger partial charge < -0.3 is 5.32 Å². The van der Waals surface area contributed by atoms with E-state index in [-0.39, 0.29) is 0 Å². The summed E-state index contributed by atoms with van der Waals surface area (Å²) in [5.41, 5.74) is 4.07. The van der Waals surface area contributed by atoms with Gasteiger partial charge in [0.1, 0.15) is 0 Å². The Bertz CT molecular complexity index is 398. The molecule has 1 heteroatoms. The van der Waals surface area contributed by atoms with E-state index in [0.29, 0.717) is 6.04 Å². The second-order valence-electron chi connectivity index (χ2n) is 5.47. The van der Waals surface area contributed by atoms with Crippen molar-refractivity contribution in [2.45, 2.75) is 52.0 Å². The van der Waals surface area contributed by atoms with Gasteiger partial charge in [-0.3, -0.25) is 0 Å². The number of hydrogen-bond acceptors (Lipinski definition) is 1. The Morgan fingerprint density at radius 3 is 2.72 bits per heavy atom. The molecule has 18 heavy (non-hydrogen) atoms. The first-order valence-corrected chi connectivity index (χ1v) is 7.24. The van der Waals surface area contributed by atoms with Crippen LogP contribution in [0.4, 0.5) is 0 Å². The van der Waals surface area contributed by atoms with Crippen LogP contribution >= 0.6 is 0 Å². The van der Waals surface area contributed by atoms with E-state index in [4.69, 9.17) is 0 Å². The standard InChI is InChI=1S/C17H25N/c1-14-8-9-16(13-15(14)2)10-11-17-7-5-3-4-6-12-18-17/h8-11,13,17-18H,3-7,12H2,1-2H3/b11-10+. The van der Waals surface area contributed by atoms with Crippen LogP contribution in [0.1, 0.15) is 48.8 Å². The number of nitrogens with one attached hydrogen (secondary N) is 1. The van der Waals surface area contributed by atoms with E-state index >= 15 is 0 Å². The van der Waals surface area contributed by atoms with E-state index in [1.807, 2.05) is 0 Å². The van der Waals surface area contributed by atoms with E-state index in [0.717, 1.165) is 0 Å². The molecular weight excluding hydrogens is 218 g/mol. The van der Waals surface area contributed by atoms with E-state index in [1.54, 1.807) is 0 Å². The molecule has 1 fully saturated rings. The molecule has 1 aliphatic rings. The van der Waals surface area contributed by atoms with Crippen molar-refractivity contribution in [2.24, 2.45) is 0 Å². The lowest BCUT2D eigenvalue weighted by Crippen LogP contribution is -2.29. The van der Waals surface area contributed by atoms with Crippen LogP contribution in [-0.4, -0.2) is 12.6 Å². The number of hydrogen-bond donors (Lipinski definition) is 1. The van der Waals surface area contributed by atoms with E-state index < -0.39 is 0 Å². The predicted molar refractivity (Wildman–Crippen MR) is 79.8 cm³/mol. The Morgan fingerprint density at radius 1 is 1.06 bits per heavy atom. The van der Waals surface area contributed by atoms with Crippen molar-refractivity contribution < 1.29 is 0 Å². The Morgan fingerprint density at radius 2 is 1.89 bits per heavy atom. The third-order valence-electron chi connectivity index (χ3n) is 3.90.